The van der Waals surface area contributed by atoms with E-state index in [1.54, 1.807) is 16.8 Å². The van der Waals surface area contributed by atoms with Gasteiger partial charge in [0.15, 0.2) is 17.4 Å². The van der Waals surface area contributed by atoms with Crippen LogP contribution in [0.2, 0.25) is 0 Å². The number of rotatable bonds is 9. The van der Waals surface area contributed by atoms with E-state index in [4.69, 9.17) is 4.74 Å². The molecule has 4 rings (SSSR count). The van der Waals surface area contributed by atoms with Crippen molar-refractivity contribution in [1.82, 2.24) is 14.5 Å². The summed E-state index contributed by atoms with van der Waals surface area (Å²) in [7, 11) is 1.38. The van der Waals surface area contributed by atoms with E-state index in [1.807, 2.05) is 0 Å². The van der Waals surface area contributed by atoms with Crippen molar-refractivity contribution in [2.24, 2.45) is 0 Å². The molecule has 1 aromatic carbocycles. The number of pyridine rings is 1. The Kier molecular flexibility index (Phi) is 6.08. The van der Waals surface area contributed by atoms with E-state index in [0.29, 0.717) is 24.8 Å². The molecule has 1 aliphatic rings. The van der Waals surface area contributed by atoms with Gasteiger partial charge >= 0.3 is 0 Å². The maximum Gasteiger partial charge on any atom is 0.261 e. The standard InChI is InChI=1S/C23H25F3N4O2/c1-3-4-5-9-30-10-6-14-11-16(17(24)12-15(14)21(30)31)19-27-13-18(32-2)20(28-19)29-23(7-8-23)22(25)26/h6,10-13,22H,3-5,7-9H2,1-2H3,(H,27,28,29). The third kappa shape index (κ3) is 4.16. The number of anilines is 1. The van der Waals surface area contributed by atoms with E-state index < -0.39 is 17.8 Å². The lowest BCUT2D eigenvalue weighted by molar-refractivity contribution is 0.114. The van der Waals surface area contributed by atoms with E-state index in [-0.39, 0.29) is 33.9 Å². The first-order valence-corrected chi connectivity index (χ1v) is 10.7. The van der Waals surface area contributed by atoms with Crippen LogP contribution in [0.25, 0.3) is 22.2 Å². The Balaban J connectivity index is 1.71. The van der Waals surface area contributed by atoms with Gasteiger partial charge in [0.2, 0.25) is 0 Å². The number of alkyl halides is 2. The number of halogens is 3. The molecule has 1 N–H and O–H groups in total. The van der Waals surface area contributed by atoms with Gasteiger partial charge in [-0.2, -0.15) is 0 Å². The Bertz CT molecular complexity index is 1190. The van der Waals surface area contributed by atoms with Crippen LogP contribution in [-0.4, -0.2) is 33.6 Å². The van der Waals surface area contributed by atoms with E-state index in [1.165, 1.54) is 25.4 Å². The van der Waals surface area contributed by atoms with Crippen molar-refractivity contribution in [1.29, 1.82) is 0 Å². The third-order valence-corrected chi connectivity index (χ3v) is 5.86. The minimum absolute atomic E-state index is 0.0184. The highest BCUT2D eigenvalue weighted by molar-refractivity contribution is 5.86. The molecule has 0 spiro atoms. The highest BCUT2D eigenvalue weighted by Crippen LogP contribution is 2.45. The molecule has 0 bridgehead atoms. The molecule has 2 heterocycles. The van der Waals surface area contributed by atoms with Gasteiger partial charge < -0.3 is 14.6 Å². The molecule has 9 heteroatoms. The van der Waals surface area contributed by atoms with Crippen LogP contribution in [0.5, 0.6) is 5.75 Å². The fourth-order valence-electron chi connectivity index (χ4n) is 3.69. The zero-order chi connectivity index (χ0) is 22.9. The van der Waals surface area contributed by atoms with Crippen molar-refractivity contribution in [3.63, 3.8) is 0 Å². The topological polar surface area (TPSA) is 69.0 Å². The van der Waals surface area contributed by atoms with Gasteiger partial charge in [0.25, 0.3) is 12.0 Å². The fraction of sp³-hybridized carbons (Fsp3) is 0.435. The van der Waals surface area contributed by atoms with E-state index in [0.717, 1.165) is 19.3 Å². The highest BCUT2D eigenvalue weighted by atomic mass is 19.3. The van der Waals surface area contributed by atoms with Gasteiger partial charge in [-0.3, -0.25) is 4.79 Å². The monoisotopic (exact) mass is 446 g/mol. The smallest absolute Gasteiger partial charge is 0.261 e. The van der Waals surface area contributed by atoms with E-state index >= 15 is 4.39 Å². The molecule has 3 aromatic rings. The largest absolute Gasteiger partial charge is 0.491 e. The molecule has 6 nitrogen and oxygen atoms in total. The van der Waals surface area contributed by atoms with Crippen LogP contribution in [0, 0.1) is 5.82 Å². The summed E-state index contributed by atoms with van der Waals surface area (Å²) in [6.45, 7) is 2.66. The van der Waals surface area contributed by atoms with Crippen molar-refractivity contribution in [3.05, 3.63) is 46.8 Å². The zero-order valence-electron chi connectivity index (χ0n) is 18.0. The summed E-state index contributed by atoms with van der Waals surface area (Å²) >= 11 is 0. The Labute approximate surface area is 183 Å². The van der Waals surface area contributed by atoms with Crippen molar-refractivity contribution in [2.75, 3.05) is 12.4 Å². The van der Waals surface area contributed by atoms with E-state index in [2.05, 4.69) is 22.2 Å². The fourth-order valence-corrected chi connectivity index (χ4v) is 3.69. The van der Waals surface area contributed by atoms with Crippen molar-refractivity contribution < 1.29 is 17.9 Å². The number of methoxy groups -OCH3 is 1. The minimum atomic E-state index is -2.57. The first kappa shape index (κ1) is 22.1. The summed E-state index contributed by atoms with van der Waals surface area (Å²) in [6.07, 6.45) is 3.99. The second kappa shape index (κ2) is 8.80. The number of nitrogens with zero attached hydrogens (tertiary/aromatic N) is 3. The Morgan fingerprint density at radius 3 is 2.72 bits per heavy atom. The number of aryl methyl sites for hydroxylation is 1. The van der Waals surface area contributed by atoms with Gasteiger partial charge in [0.05, 0.1) is 29.8 Å². The van der Waals surface area contributed by atoms with Crippen molar-refractivity contribution >= 4 is 16.6 Å². The lowest BCUT2D eigenvalue weighted by Gasteiger charge is -2.19. The zero-order valence-corrected chi connectivity index (χ0v) is 18.0. The second-order valence-corrected chi connectivity index (χ2v) is 8.13. The summed E-state index contributed by atoms with van der Waals surface area (Å²) in [6, 6.07) is 4.45. The second-order valence-electron chi connectivity index (χ2n) is 8.13. The van der Waals surface area contributed by atoms with Gasteiger partial charge in [-0.15, -0.1) is 0 Å². The first-order valence-electron chi connectivity index (χ1n) is 10.7. The molecule has 0 atom stereocenters. The van der Waals surface area contributed by atoms with Crippen molar-refractivity contribution in [3.8, 4) is 17.1 Å². The highest BCUT2D eigenvalue weighted by Gasteiger charge is 2.52. The number of ether oxygens (including phenoxy) is 1. The summed E-state index contributed by atoms with van der Waals surface area (Å²) < 4.78 is 48.6. The van der Waals surface area contributed by atoms with Crippen LogP contribution in [0.4, 0.5) is 19.0 Å². The molecule has 1 aliphatic carbocycles. The van der Waals surface area contributed by atoms with Crippen molar-refractivity contribution in [2.45, 2.75) is 57.5 Å². The third-order valence-electron chi connectivity index (χ3n) is 5.86. The SMILES string of the molecule is CCCCCn1ccc2cc(-c3ncc(OC)c(NC4(C(F)F)CC4)n3)c(F)cc2c1=O. The van der Waals surface area contributed by atoms with Gasteiger partial charge in [-0.1, -0.05) is 19.8 Å². The van der Waals surface area contributed by atoms with Crippen LogP contribution in [0.15, 0.2) is 35.4 Å². The molecule has 170 valence electrons. The normalized spacial score (nSPS) is 14.7. The predicted molar refractivity (Wildman–Crippen MR) is 117 cm³/mol. The van der Waals surface area contributed by atoms with Crippen LogP contribution >= 0.6 is 0 Å². The molecule has 0 saturated heterocycles. The van der Waals surface area contributed by atoms with E-state index in [9.17, 15) is 13.6 Å². The average molecular weight is 446 g/mol. The predicted octanol–water partition coefficient (Wildman–Crippen LogP) is 5.01. The summed E-state index contributed by atoms with van der Waals surface area (Å²) in [5, 5.41) is 3.58. The number of fused-ring (bicyclic) bond motifs is 1. The van der Waals surface area contributed by atoms with Crippen LogP contribution in [0.1, 0.15) is 39.0 Å². The number of nitrogens with one attached hydrogen (secondary N) is 1. The number of hydrogen-bond donors (Lipinski definition) is 1. The molecule has 0 aliphatic heterocycles. The summed E-state index contributed by atoms with van der Waals surface area (Å²) in [5.41, 5.74) is -1.52. The van der Waals surface area contributed by atoms with Gasteiger partial charge in [0, 0.05) is 12.7 Å². The number of unbranched alkanes of at least 4 members (excludes halogenated alkanes) is 2. The number of benzene rings is 1. The van der Waals surface area contributed by atoms with Gasteiger partial charge in [0.1, 0.15) is 5.82 Å². The average Bonchev–Trinajstić information content (AvgIpc) is 3.56. The Morgan fingerprint density at radius 2 is 2.06 bits per heavy atom. The van der Waals surface area contributed by atoms with Gasteiger partial charge in [-0.25, -0.2) is 23.1 Å². The molecule has 0 radical (unpaired) electrons. The van der Waals surface area contributed by atoms with Crippen LogP contribution < -0.4 is 15.6 Å². The molecule has 1 fully saturated rings. The molecule has 32 heavy (non-hydrogen) atoms. The number of hydrogen-bond acceptors (Lipinski definition) is 5. The first-order chi connectivity index (χ1) is 15.4. The van der Waals surface area contributed by atoms with Crippen LogP contribution in [-0.2, 0) is 6.54 Å². The molecule has 0 amide bonds. The Hall–Kier alpha value is -3.10. The lowest BCUT2D eigenvalue weighted by Crippen LogP contribution is -2.30. The summed E-state index contributed by atoms with van der Waals surface area (Å²) in [4.78, 5) is 21.2. The molecular formula is C23H25F3N4O2. The lowest BCUT2D eigenvalue weighted by atomic mass is 10.1. The molecular weight excluding hydrogens is 421 g/mol. The molecule has 0 unspecified atom stereocenters. The minimum Gasteiger partial charge on any atom is -0.491 e. The number of aromatic nitrogens is 3. The maximum absolute atomic E-state index is 15.0. The maximum atomic E-state index is 15.0. The molecule has 1 saturated carbocycles. The van der Waals surface area contributed by atoms with Crippen LogP contribution in [0.3, 0.4) is 0 Å². The molecule has 2 aromatic heterocycles. The quantitative estimate of drug-likeness (QED) is 0.468. The summed E-state index contributed by atoms with van der Waals surface area (Å²) in [5.74, 6) is -0.366. The Morgan fingerprint density at radius 1 is 1.28 bits per heavy atom. The van der Waals surface area contributed by atoms with Gasteiger partial charge in [-0.05, 0) is 42.8 Å².